The molecule has 1 heterocycles. The molecule has 0 aromatic rings. The molecular weight excluding hydrogens is 228 g/mol. The first-order valence-corrected chi connectivity index (χ1v) is 7.09. The van der Waals surface area contributed by atoms with Crippen LogP contribution in [0.4, 0.5) is 0 Å². The average molecular weight is 254 g/mol. The van der Waals surface area contributed by atoms with E-state index in [4.69, 9.17) is 0 Å². The van der Waals surface area contributed by atoms with Crippen LogP contribution in [-0.2, 0) is 9.59 Å². The van der Waals surface area contributed by atoms with Gasteiger partial charge in [-0.3, -0.25) is 9.59 Å². The van der Waals surface area contributed by atoms with Gasteiger partial charge in [-0.05, 0) is 18.8 Å². The molecule has 0 aliphatic carbocycles. The van der Waals surface area contributed by atoms with Crippen molar-refractivity contribution in [3.8, 4) is 0 Å². The van der Waals surface area contributed by atoms with Gasteiger partial charge >= 0.3 is 0 Å². The van der Waals surface area contributed by atoms with Gasteiger partial charge in [-0.2, -0.15) is 0 Å². The van der Waals surface area contributed by atoms with E-state index in [1.54, 1.807) is 0 Å². The predicted octanol–water partition coefficient (Wildman–Crippen LogP) is 1.94. The van der Waals surface area contributed by atoms with E-state index in [1.165, 1.54) is 0 Å². The first-order valence-electron chi connectivity index (χ1n) is 7.09. The zero-order valence-electron chi connectivity index (χ0n) is 12.1. The second-order valence-corrected chi connectivity index (χ2v) is 5.35. The molecule has 18 heavy (non-hydrogen) atoms. The van der Waals surface area contributed by atoms with Gasteiger partial charge in [-0.1, -0.05) is 34.1 Å². The SMILES string of the molecule is CCC(C)CN1CCC(=O)NC(CC)(CC)C1=O. The third-order valence-corrected chi connectivity index (χ3v) is 4.12. The summed E-state index contributed by atoms with van der Waals surface area (Å²) < 4.78 is 0. The molecule has 0 bridgehead atoms. The molecule has 1 saturated heterocycles. The Hall–Kier alpha value is -1.06. The monoisotopic (exact) mass is 254 g/mol. The van der Waals surface area contributed by atoms with E-state index in [9.17, 15) is 9.59 Å². The van der Waals surface area contributed by atoms with Crippen molar-refractivity contribution in [1.29, 1.82) is 0 Å². The molecule has 1 unspecified atom stereocenters. The van der Waals surface area contributed by atoms with Crippen molar-refractivity contribution in [2.75, 3.05) is 13.1 Å². The standard InChI is InChI=1S/C14H26N2O2/c1-5-11(4)10-16-9-8-12(17)15-14(6-2,7-3)13(16)18/h11H,5-10H2,1-4H3,(H,15,17). The first-order chi connectivity index (χ1) is 8.49. The van der Waals surface area contributed by atoms with Crippen LogP contribution in [0.15, 0.2) is 0 Å². The summed E-state index contributed by atoms with van der Waals surface area (Å²) in [6.07, 6.45) is 2.79. The Kier molecular flexibility index (Phi) is 5.17. The van der Waals surface area contributed by atoms with E-state index in [2.05, 4.69) is 19.2 Å². The van der Waals surface area contributed by atoms with Gasteiger partial charge in [0.05, 0.1) is 0 Å². The van der Waals surface area contributed by atoms with Gasteiger partial charge in [0.25, 0.3) is 0 Å². The van der Waals surface area contributed by atoms with Gasteiger partial charge in [0, 0.05) is 19.5 Å². The van der Waals surface area contributed by atoms with Gasteiger partial charge < -0.3 is 10.2 Å². The third-order valence-electron chi connectivity index (χ3n) is 4.12. The lowest BCUT2D eigenvalue weighted by Crippen LogP contribution is -2.56. The minimum absolute atomic E-state index is 0.00120. The van der Waals surface area contributed by atoms with Crippen LogP contribution >= 0.6 is 0 Å². The molecule has 4 heteroatoms. The average Bonchev–Trinajstić information content (AvgIpc) is 2.50. The van der Waals surface area contributed by atoms with Crippen molar-refractivity contribution in [1.82, 2.24) is 10.2 Å². The van der Waals surface area contributed by atoms with Crippen molar-refractivity contribution in [2.45, 2.75) is 58.9 Å². The summed E-state index contributed by atoms with van der Waals surface area (Å²) in [5.74, 6) is 0.575. The number of rotatable bonds is 5. The summed E-state index contributed by atoms with van der Waals surface area (Å²) in [4.78, 5) is 26.3. The van der Waals surface area contributed by atoms with Gasteiger partial charge in [0.2, 0.25) is 11.8 Å². The Morgan fingerprint density at radius 1 is 1.28 bits per heavy atom. The summed E-state index contributed by atoms with van der Waals surface area (Å²) in [7, 11) is 0. The van der Waals surface area contributed by atoms with E-state index in [0.717, 1.165) is 13.0 Å². The van der Waals surface area contributed by atoms with Gasteiger partial charge in [-0.15, -0.1) is 0 Å². The van der Waals surface area contributed by atoms with Crippen molar-refractivity contribution in [3.63, 3.8) is 0 Å². The smallest absolute Gasteiger partial charge is 0.248 e. The van der Waals surface area contributed by atoms with Crippen molar-refractivity contribution in [2.24, 2.45) is 5.92 Å². The van der Waals surface area contributed by atoms with Gasteiger partial charge in [0.1, 0.15) is 5.54 Å². The summed E-state index contributed by atoms with van der Waals surface area (Å²) in [6.45, 7) is 9.52. The van der Waals surface area contributed by atoms with Crippen molar-refractivity contribution in [3.05, 3.63) is 0 Å². The highest BCUT2D eigenvalue weighted by molar-refractivity contribution is 5.93. The molecule has 0 spiro atoms. The number of hydrogen-bond donors (Lipinski definition) is 1. The zero-order valence-corrected chi connectivity index (χ0v) is 12.1. The summed E-state index contributed by atoms with van der Waals surface area (Å²) >= 11 is 0. The van der Waals surface area contributed by atoms with Crippen LogP contribution in [0.2, 0.25) is 0 Å². The molecule has 2 amide bonds. The molecule has 104 valence electrons. The number of nitrogens with one attached hydrogen (secondary N) is 1. The van der Waals surface area contributed by atoms with Crippen LogP contribution in [0.3, 0.4) is 0 Å². The normalized spacial score (nSPS) is 21.4. The second-order valence-electron chi connectivity index (χ2n) is 5.35. The number of carbonyl (C=O) groups is 2. The molecule has 0 radical (unpaired) electrons. The Balaban J connectivity index is 2.92. The van der Waals surface area contributed by atoms with E-state index in [0.29, 0.717) is 31.7 Å². The van der Waals surface area contributed by atoms with Crippen LogP contribution in [0, 0.1) is 5.92 Å². The maximum atomic E-state index is 12.6. The van der Waals surface area contributed by atoms with Crippen LogP contribution in [0.1, 0.15) is 53.4 Å². The fourth-order valence-corrected chi connectivity index (χ4v) is 2.43. The zero-order chi connectivity index (χ0) is 13.8. The fraction of sp³-hybridized carbons (Fsp3) is 0.857. The van der Waals surface area contributed by atoms with Crippen LogP contribution in [0.5, 0.6) is 0 Å². The molecule has 1 atom stereocenters. The molecule has 1 aliphatic heterocycles. The molecule has 0 aromatic heterocycles. The number of hydrogen-bond acceptors (Lipinski definition) is 2. The highest BCUT2D eigenvalue weighted by atomic mass is 16.2. The molecule has 0 aromatic carbocycles. The molecule has 1 fully saturated rings. The van der Waals surface area contributed by atoms with E-state index >= 15 is 0 Å². The third kappa shape index (κ3) is 3.03. The minimum atomic E-state index is -0.680. The molecule has 1 aliphatic rings. The fourth-order valence-electron chi connectivity index (χ4n) is 2.43. The summed E-state index contributed by atoms with van der Waals surface area (Å²) in [5.41, 5.74) is -0.680. The Labute approximate surface area is 110 Å². The quantitative estimate of drug-likeness (QED) is 0.815. The topological polar surface area (TPSA) is 49.4 Å². The molecule has 0 saturated carbocycles. The highest BCUT2D eigenvalue weighted by Crippen LogP contribution is 2.22. The van der Waals surface area contributed by atoms with Gasteiger partial charge in [-0.25, -0.2) is 0 Å². The van der Waals surface area contributed by atoms with Crippen LogP contribution in [-0.4, -0.2) is 35.3 Å². The lowest BCUT2D eigenvalue weighted by molar-refractivity contribution is -0.139. The molecule has 1 N–H and O–H groups in total. The Bertz CT molecular complexity index is 311. The Morgan fingerprint density at radius 3 is 2.39 bits per heavy atom. The van der Waals surface area contributed by atoms with Crippen LogP contribution in [0.25, 0.3) is 0 Å². The van der Waals surface area contributed by atoms with E-state index in [1.807, 2.05) is 18.7 Å². The largest absolute Gasteiger partial charge is 0.342 e. The number of carbonyl (C=O) groups excluding carboxylic acids is 2. The maximum Gasteiger partial charge on any atom is 0.248 e. The van der Waals surface area contributed by atoms with E-state index < -0.39 is 5.54 Å². The predicted molar refractivity (Wildman–Crippen MR) is 72.1 cm³/mol. The number of amides is 2. The summed E-state index contributed by atoms with van der Waals surface area (Å²) in [6, 6.07) is 0. The van der Waals surface area contributed by atoms with Crippen molar-refractivity contribution >= 4 is 11.8 Å². The highest BCUT2D eigenvalue weighted by Gasteiger charge is 2.41. The molecule has 4 nitrogen and oxygen atoms in total. The second kappa shape index (κ2) is 6.21. The van der Waals surface area contributed by atoms with E-state index in [-0.39, 0.29) is 11.8 Å². The maximum absolute atomic E-state index is 12.6. The minimum Gasteiger partial charge on any atom is -0.342 e. The first kappa shape index (κ1) is 15.0. The Morgan fingerprint density at radius 2 is 1.89 bits per heavy atom. The summed E-state index contributed by atoms with van der Waals surface area (Å²) in [5, 5.41) is 2.93. The van der Waals surface area contributed by atoms with Crippen molar-refractivity contribution < 1.29 is 9.59 Å². The molecular formula is C14H26N2O2. The van der Waals surface area contributed by atoms with Crippen LogP contribution < -0.4 is 5.32 Å². The van der Waals surface area contributed by atoms with Gasteiger partial charge in [0.15, 0.2) is 0 Å². The number of nitrogens with zero attached hydrogens (tertiary/aromatic N) is 1. The lowest BCUT2D eigenvalue weighted by Gasteiger charge is -2.34. The lowest BCUT2D eigenvalue weighted by atomic mass is 9.91. The molecule has 1 rings (SSSR count).